The van der Waals surface area contributed by atoms with Crippen molar-refractivity contribution < 1.29 is 14.1 Å². The average Bonchev–Trinajstić information content (AvgIpc) is 3.28. The number of amides is 1. The maximum Gasteiger partial charge on any atom is 0.280 e. The molecule has 29 heavy (non-hydrogen) atoms. The van der Waals surface area contributed by atoms with E-state index in [4.69, 9.17) is 4.42 Å². The van der Waals surface area contributed by atoms with Gasteiger partial charge in [-0.1, -0.05) is 24.3 Å². The quantitative estimate of drug-likeness (QED) is 0.359. The molecule has 0 N–H and O–H groups in total. The maximum absolute atomic E-state index is 12.8. The van der Waals surface area contributed by atoms with Gasteiger partial charge in [0, 0.05) is 6.07 Å². The second kappa shape index (κ2) is 7.20. The normalized spacial score (nSPS) is 15.1. The second-order valence-corrected chi connectivity index (χ2v) is 6.68. The fraction of sp³-hybridized carbons (Fsp3) is 0.0909. The fourth-order valence-electron chi connectivity index (χ4n) is 3.15. The lowest BCUT2D eigenvalue weighted by Gasteiger charge is -2.10. The van der Waals surface area contributed by atoms with Crippen LogP contribution in [-0.4, -0.2) is 16.5 Å². The fourth-order valence-corrected chi connectivity index (χ4v) is 3.15. The minimum Gasteiger partial charge on any atom is -0.456 e. The topological polar surface area (TPSA) is 89.0 Å². The first-order chi connectivity index (χ1) is 13.9. The van der Waals surface area contributed by atoms with E-state index in [2.05, 4.69) is 5.10 Å². The number of aryl methyl sites for hydroxylation is 1. The standard InChI is InChI=1S/C22H17N3O4/c1-14-8-10-18(20(12-14)25(27)28)21-11-9-17(29-21)13-19-15(2)23-24(22(19)26)16-6-4-3-5-7-16/h3-13H,1-2H3/b19-13-. The summed E-state index contributed by atoms with van der Waals surface area (Å²) >= 11 is 0. The predicted octanol–water partition coefficient (Wildman–Crippen LogP) is 4.97. The minimum absolute atomic E-state index is 0.0245. The van der Waals surface area contributed by atoms with E-state index >= 15 is 0 Å². The van der Waals surface area contributed by atoms with E-state index in [0.717, 1.165) is 5.56 Å². The van der Waals surface area contributed by atoms with Gasteiger partial charge in [0.25, 0.3) is 11.6 Å². The van der Waals surface area contributed by atoms with E-state index in [1.807, 2.05) is 18.2 Å². The van der Waals surface area contributed by atoms with E-state index in [-0.39, 0.29) is 11.6 Å². The lowest BCUT2D eigenvalue weighted by molar-refractivity contribution is -0.384. The third-order valence-electron chi connectivity index (χ3n) is 4.59. The summed E-state index contributed by atoms with van der Waals surface area (Å²) in [7, 11) is 0. The first-order valence-corrected chi connectivity index (χ1v) is 8.96. The maximum atomic E-state index is 12.8. The third-order valence-corrected chi connectivity index (χ3v) is 4.59. The van der Waals surface area contributed by atoms with Crippen LogP contribution < -0.4 is 5.01 Å². The molecule has 0 spiro atoms. The smallest absolute Gasteiger partial charge is 0.280 e. The van der Waals surface area contributed by atoms with Crippen LogP contribution in [0.4, 0.5) is 11.4 Å². The summed E-state index contributed by atoms with van der Waals surface area (Å²) in [6, 6.07) is 17.4. The van der Waals surface area contributed by atoms with Crippen LogP contribution in [0.15, 0.2) is 75.8 Å². The van der Waals surface area contributed by atoms with Crippen LogP contribution in [0.5, 0.6) is 0 Å². The van der Waals surface area contributed by atoms with Gasteiger partial charge in [-0.15, -0.1) is 0 Å². The molecule has 2 aromatic carbocycles. The molecule has 0 unspecified atom stereocenters. The van der Waals surface area contributed by atoms with Crippen molar-refractivity contribution >= 4 is 29.1 Å². The van der Waals surface area contributed by atoms with Crippen molar-refractivity contribution in [3.63, 3.8) is 0 Å². The first-order valence-electron chi connectivity index (χ1n) is 8.96. The predicted molar refractivity (Wildman–Crippen MR) is 111 cm³/mol. The molecule has 144 valence electrons. The largest absolute Gasteiger partial charge is 0.456 e. The molecule has 2 heterocycles. The molecule has 0 saturated heterocycles. The number of carbonyl (C=O) groups is 1. The van der Waals surface area contributed by atoms with Crippen molar-refractivity contribution in [3.8, 4) is 11.3 Å². The van der Waals surface area contributed by atoms with Crippen molar-refractivity contribution in [2.45, 2.75) is 13.8 Å². The Labute approximate surface area is 166 Å². The zero-order valence-electron chi connectivity index (χ0n) is 15.8. The lowest BCUT2D eigenvalue weighted by Crippen LogP contribution is -2.21. The highest BCUT2D eigenvalue weighted by Gasteiger charge is 2.29. The van der Waals surface area contributed by atoms with Gasteiger partial charge >= 0.3 is 0 Å². The Kier molecular flexibility index (Phi) is 4.56. The van der Waals surface area contributed by atoms with E-state index in [1.165, 1.54) is 11.1 Å². The molecule has 0 radical (unpaired) electrons. The highest BCUT2D eigenvalue weighted by Crippen LogP contribution is 2.33. The number of nitrogens with zero attached hydrogens (tertiary/aromatic N) is 3. The van der Waals surface area contributed by atoms with Crippen LogP contribution in [0.1, 0.15) is 18.2 Å². The number of anilines is 1. The molecule has 0 saturated carbocycles. The van der Waals surface area contributed by atoms with E-state index in [0.29, 0.717) is 34.1 Å². The first kappa shape index (κ1) is 18.4. The molecule has 4 rings (SSSR count). The van der Waals surface area contributed by atoms with Gasteiger partial charge in [-0.05, 0) is 55.8 Å². The van der Waals surface area contributed by atoms with Crippen LogP contribution in [0.2, 0.25) is 0 Å². The molecular formula is C22H17N3O4. The summed E-state index contributed by atoms with van der Waals surface area (Å²) in [5.74, 6) is 0.527. The molecule has 1 amide bonds. The van der Waals surface area contributed by atoms with Gasteiger partial charge in [-0.25, -0.2) is 0 Å². The Balaban J connectivity index is 1.66. The molecule has 7 heteroatoms. The van der Waals surface area contributed by atoms with Gasteiger partial charge in [0.1, 0.15) is 11.5 Å². The van der Waals surface area contributed by atoms with Crippen LogP contribution in [0.25, 0.3) is 17.4 Å². The second-order valence-electron chi connectivity index (χ2n) is 6.68. The van der Waals surface area contributed by atoms with Crippen molar-refractivity contribution in [1.82, 2.24) is 0 Å². The number of hydrogen-bond donors (Lipinski definition) is 0. The molecule has 1 aliphatic rings. The van der Waals surface area contributed by atoms with E-state index in [9.17, 15) is 14.9 Å². The van der Waals surface area contributed by atoms with Gasteiger partial charge in [0.05, 0.1) is 27.5 Å². The summed E-state index contributed by atoms with van der Waals surface area (Å²) in [4.78, 5) is 23.7. The minimum atomic E-state index is -0.433. The molecule has 0 bridgehead atoms. The number of nitro groups is 1. The van der Waals surface area contributed by atoms with Crippen LogP contribution >= 0.6 is 0 Å². The Bertz CT molecular complexity index is 1180. The number of rotatable bonds is 4. The number of para-hydroxylation sites is 1. The Hall–Kier alpha value is -4.00. The molecule has 0 aliphatic carbocycles. The number of hydrazone groups is 1. The number of carbonyl (C=O) groups excluding carboxylic acids is 1. The van der Waals surface area contributed by atoms with Crippen molar-refractivity contribution in [1.29, 1.82) is 0 Å². The number of nitro benzene ring substituents is 1. The average molecular weight is 387 g/mol. The van der Waals surface area contributed by atoms with Gasteiger partial charge in [0.2, 0.25) is 0 Å². The Morgan fingerprint density at radius 1 is 1.07 bits per heavy atom. The van der Waals surface area contributed by atoms with Crippen molar-refractivity contribution in [2.75, 3.05) is 5.01 Å². The zero-order valence-corrected chi connectivity index (χ0v) is 15.8. The number of benzene rings is 2. The summed E-state index contributed by atoms with van der Waals surface area (Å²) in [6.45, 7) is 3.54. The highest BCUT2D eigenvalue weighted by molar-refractivity contribution is 6.32. The number of hydrogen-bond acceptors (Lipinski definition) is 5. The highest BCUT2D eigenvalue weighted by atomic mass is 16.6. The summed E-state index contributed by atoms with van der Waals surface area (Å²) in [5.41, 5.74) is 2.81. The van der Waals surface area contributed by atoms with Crippen LogP contribution in [0, 0.1) is 17.0 Å². The molecule has 0 atom stereocenters. The Morgan fingerprint density at radius 3 is 2.55 bits per heavy atom. The monoisotopic (exact) mass is 387 g/mol. The molecule has 1 aromatic heterocycles. The van der Waals surface area contributed by atoms with Crippen LogP contribution in [-0.2, 0) is 4.79 Å². The third kappa shape index (κ3) is 3.45. The van der Waals surface area contributed by atoms with E-state index in [1.54, 1.807) is 56.3 Å². The summed E-state index contributed by atoms with van der Waals surface area (Å²) < 4.78 is 5.79. The molecule has 7 nitrogen and oxygen atoms in total. The van der Waals surface area contributed by atoms with Crippen LogP contribution in [0.3, 0.4) is 0 Å². The van der Waals surface area contributed by atoms with Gasteiger partial charge in [-0.2, -0.15) is 10.1 Å². The zero-order chi connectivity index (χ0) is 20.5. The lowest BCUT2D eigenvalue weighted by atomic mass is 10.1. The molecular weight excluding hydrogens is 370 g/mol. The number of furan rings is 1. The van der Waals surface area contributed by atoms with Crippen molar-refractivity contribution in [2.24, 2.45) is 5.10 Å². The molecule has 3 aromatic rings. The molecule has 1 aliphatic heterocycles. The van der Waals surface area contributed by atoms with E-state index < -0.39 is 4.92 Å². The van der Waals surface area contributed by atoms with Gasteiger partial charge < -0.3 is 4.42 Å². The van der Waals surface area contributed by atoms with Crippen molar-refractivity contribution in [3.05, 3.63) is 87.7 Å². The Morgan fingerprint density at radius 2 is 1.83 bits per heavy atom. The van der Waals surface area contributed by atoms with Gasteiger partial charge in [0.15, 0.2) is 0 Å². The van der Waals surface area contributed by atoms with Gasteiger partial charge in [-0.3, -0.25) is 14.9 Å². The summed E-state index contributed by atoms with van der Waals surface area (Å²) in [6.07, 6.45) is 1.60. The summed E-state index contributed by atoms with van der Waals surface area (Å²) in [5, 5.41) is 17.0. The molecule has 0 fully saturated rings. The SMILES string of the molecule is CC1=NN(c2ccccc2)C(=O)/C1=C\c1ccc(-c2ccc(C)cc2[N+](=O)[O-])o1.